The van der Waals surface area contributed by atoms with E-state index in [0.29, 0.717) is 0 Å². The van der Waals surface area contributed by atoms with E-state index >= 15 is 0 Å². The first-order valence-corrected chi connectivity index (χ1v) is 2.64. The van der Waals surface area contributed by atoms with Crippen molar-refractivity contribution < 1.29 is 29.3 Å². The Morgan fingerprint density at radius 1 is 1.73 bits per heavy atom. The Kier molecular flexibility index (Phi) is 3.49. The molecular weight excluding hydrogens is 156 g/mol. The fourth-order valence-corrected chi connectivity index (χ4v) is 0.389. The van der Waals surface area contributed by atoms with Gasteiger partial charge >= 0.3 is 11.8 Å². The highest BCUT2D eigenvalue weighted by atomic mass is 16.7. The highest BCUT2D eigenvalue weighted by Gasteiger charge is 2.39. The monoisotopic (exact) mass is 164 g/mol. The van der Waals surface area contributed by atoms with Crippen LogP contribution in [0.1, 0.15) is 0 Å². The summed E-state index contributed by atoms with van der Waals surface area (Å²) < 4.78 is 7.91. The molecule has 0 radical (unpaired) electrons. The maximum absolute atomic E-state index is 10.5. The number of methoxy groups -OCH3 is 1. The van der Waals surface area contributed by atoms with Crippen LogP contribution in [0.4, 0.5) is 0 Å². The molecule has 0 bridgehead atoms. The molecule has 2 N–H and O–H groups in total. The molecule has 11 heavy (non-hydrogen) atoms. The second-order valence-corrected chi connectivity index (χ2v) is 1.65. The molecule has 0 heterocycles. The van der Waals surface area contributed by atoms with Gasteiger partial charge in [0.15, 0.2) is 0 Å². The minimum atomic E-state index is -2.57. The number of aliphatic hydroxyl groups excluding tert-OH is 1. The molecule has 64 valence electrons. The van der Waals surface area contributed by atoms with E-state index in [-0.39, 0.29) is 6.47 Å². The molecule has 0 aromatic carbocycles. The van der Waals surface area contributed by atoms with Crippen LogP contribution in [0.5, 0.6) is 0 Å². The molecule has 0 amide bonds. The molecule has 0 aromatic rings. The number of hydrogen-bond donors (Lipinski definition) is 2. The highest BCUT2D eigenvalue weighted by molar-refractivity contribution is 5.78. The number of aliphatic hydroxyl groups is 2. The van der Waals surface area contributed by atoms with Crippen LogP contribution in [-0.4, -0.2) is 42.2 Å². The first-order chi connectivity index (χ1) is 5.10. The molecule has 0 spiro atoms. The van der Waals surface area contributed by atoms with Crippen LogP contribution in [0.15, 0.2) is 0 Å². The maximum Gasteiger partial charge on any atom is 0.381 e. The van der Waals surface area contributed by atoms with Gasteiger partial charge < -0.3 is 19.7 Å². The highest BCUT2D eigenvalue weighted by Crippen LogP contribution is 2.05. The maximum atomic E-state index is 10.5. The molecule has 6 heteroatoms. The molecule has 0 aliphatic rings. The smallest absolute Gasteiger partial charge is 0.381 e. The topological polar surface area (TPSA) is 93.1 Å². The van der Waals surface area contributed by atoms with Crippen LogP contribution in [0.2, 0.25) is 0 Å². The molecule has 0 fully saturated rings. The number of carbonyl (C=O) groups excluding carboxylic acids is 2. The molecule has 1 unspecified atom stereocenters. The number of rotatable bonds is 4. The Bertz CT molecular complexity index is 155. The third-order valence-electron chi connectivity index (χ3n) is 0.962. The van der Waals surface area contributed by atoms with Gasteiger partial charge in [-0.15, -0.1) is 0 Å². The zero-order valence-electron chi connectivity index (χ0n) is 5.81. The van der Waals surface area contributed by atoms with Crippen LogP contribution in [-0.2, 0) is 19.1 Å². The lowest BCUT2D eigenvalue weighted by Gasteiger charge is -2.19. The Hall–Kier alpha value is -1.14. The second kappa shape index (κ2) is 3.89. The average molecular weight is 164 g/mol. The predicted molar refractivity (Wildman–Crippen MR) is 31.2 cm³/mol. The fraction of sp³-hybridized carbons (Fsp3) is 0.600. The van der Waals surface area contributed by atoms with Crippen molar-refractivity contribution in [3.63, 3.8) is 0 Å². The summed E-state index contributed by atoms with van der Waals surface area (Å²) >= 11 is 0. The van der Waals surface area contributed by atoms with Crippen molar-refractivity contribution in [1.82, 2.24) is 0 Å². The standard InChI is InChI=1S/C5H8O6/c1-10-4(8)5(9,2-6)11-3-7/h3,6,9H,2H2,1H3. The molecule has 0 saturated heterocycles. The molecule has 0 aliphatic heterocycles. The van der Waals surface area contributed by atoms with Crippen molar-refractivity contribution in [3.8, 4) is 0 Å². The van der Waals surface area contributed by atoms with Crippen molar-refractivity contribution in [2.45, 2.75) is 5.79 Å². The van der Waals surface area contributed by atoms with E-state index in [4.69, 9.17) is 10.2 Å². The molecule has 1 atom stereocenters. The zero-order valence-corrected chi connectivity index (χ0v) is 5.81. The molecule has 0 aromatic heterocycles. The van der Waals surface area contributed by atoms with Gasteiger partial charge in [-0.25, -0.2) is 4.79 Å². The summed E-state index contributed by atoms with van der Waals surface area (Å²) in [5, 5.41) is 17.3. The normalized spacial score (nSPS) is 14.8. The lowest BCUT2D eigenvalue weighted by molar-refractivity contribution is -0.227. The second-order valence-electron chi connectivity index (χ2n) is 1.65. The van der Waals surface area contributed by atoms with Gasteiger partial charge in [0.25, 0.3) is 6.47 Å². The van der Waals surface area contributed by atoms with Gasteiger partial charge in [0, 0.05) is 0 Å². The van der Waals surface area contributed by atoms with Crippen LogP contribution in [0.3, 0.4) is 0 Å². The minimum Gasteiger partial charge on any atom is -0.464 e. The summed E-state index contributed by atoms with van der Waals surface area (Å²) in [7, 11) is 0.983. The lowest BCUT2D eigenvalue weighted by Crippen LogP contribution is -2.45. The molecule has 0 aliphatic carbocycles. The summed E-state index contributed by atoms with van der Waals surface area (Å²) in [5.41, 5.74) is 0. The van der Waals surface area contributed by atoms with Crippen molar-refractivity contribution in [2.24, 2.45) is 0 Å². The van der Waals surface area contributed by atoms with Crippen LogP contribution in [0, 0.1) is 0 Å². The SMILES string of the molecule is COC(=O)C(O)(CO)OC=O. The molecule has 0 rings (SSSR count). The Morgan fingerprint density at radius 3 is 2.55 bits per heavy atom. The average Bonchev–Trinajstić information content (AvgIpc) is 2.03. The number of ether oxygens (including phenoxy) is 2. The Balaban J connectivity index is 4.31. The van der Waals surface area contributed by atoms with E-state index < -0.39 is 18.4 Å². The molecular formula is C5H8O6. The van der Waals surface area contributed by atoms with Gasteiger partial charge in [-0.2, -0.15) is 0 Å². The van der Waals surface area contributed by atoms with E-state index in [2.05, 4.69) is 9.47 Å². The summed E-state index contributed by atoms with van der Waals surface area (Å²) in [6, 6.07) is 0. The Morgan fingerprint density at radius 2 is 2.27 bits per heavy atom. The van der Waals surface area contributed by atoms with Gasteiger partial charge in [0.1, 0.15) is 6.61 Å². The van der Waals surface area contributed by atoms with Crippen molar-refractivity contribution in [3.05, 3.63) is 0 Å². The summed E-state index contributed by atoms with van der Waals surface area (Å²) in [6.45, 7) is -1.20. The Labute approximate surface area is 62.3 Å². The first-order valence-electron chi connectivity index (χ1n) is 2.64. The van der Waals surface area contributed by atoms with Crippen molar-refractivity contribution >= 4 is 12.4 Å². The number of carbonyl (C=O) groups is 2. The number of esters is 1. The van der Waals surface area contributed by atoms with Crippen molar-refractivity contribution in [1.29, 1.82) is 0 Å². The zero-order chi connectivity index (χ0) is 8.91. The summed E-state index contributed by atoms with van der Waals surface area (Å²) in [6.07, 6.45) is 0. The van der Waals surface area contributed by atoms with E-state index in [1.165, 1.54) is 0 Å². The first kappa shape index (κ1) is 9.86. The molecule has 6 nitrogen and oxygen atoms in total. The lowest BCUT2D eigenvalue weighted by atomic mass is 10.3. The summed E-state index contributed by atoms with van der Waals surface area (Å²) in [5.74, 6) is -3.80. The van der Waals surface area contributed by atoms with E-state index in [0.717, 1.165) is 7.11 Å². The van der Waals surface area contributed by atoms with E-state index in [9.17, 15) is 9.59 Å². The third-order valence-corrected chi connectivity index (χ3v) is 0.962. The fourth-order valence-electron chi connectivity index (χ4n) is 0.389. The van der Waals surface area contributed by atoms with Crippen LogP contribution in [0.25, 0.3) is 0 Å². The largest absolute Gasteiger partial charge is 0.464 e. The third kappa shape index (κ3) is 2.17. The van der Waals surface area contributed by atoms with Gasteiger partial charge in [-0.05, 0) is 0 Å². The minimum absolute atomic E-state index is 0.160. The van der Waals surface area contributed by atoms with Crippen LogP contribution >= 0.6 is 0 Å². The van der Waals surface area contributed by atoms with E-state index in [1.807, 2.05) is 0 Å². The predicted octanol–water partition coefficient (Wildman–Crippen LogP) is -1.99. The number of hydrogen-bond acceptors (Lipinski definition) is 6. The quantitative estimate of drug-likeness (QED) is 0.284. The van der Waals surface area contributed by atoms with Crippen molar-refractivity contribution in [2.75, 3.05) is 13.7 Å². The van der Waals surface area contributed by atoms with E-state index in [1.54, 1.807) is 0 Å². The molecule has 0 saturated carbocycles. The van der Waals surface area contributed by atoms with Crippen LogP contribution < -0.4 is 0 Å². The van der Waals surface area contributed by atoms with Gasteiger partial charge in [-0.1, -0.05) is 0 Å². The van der Waals surface area contributed by atoms with Gasteiger partial charge in [0.2, 0.25) is 0 Å². The summed E-state index contributed by atoms with van der Waals surface area (Å²) in [4.78, 5) is 20.2. The van der Waals surface area contributed by atoms with Gasteiger partial charge in [0.05, 0.1) is 7.11 Å². The van der Waals surface area contributed by atoms with Gasteiger partial charge in [-0.3, -0.25) is 4.79 Å².